The number of carbonyl (C=O) groups is 1. The van der Waals surface area contributed by atoms with Gasteiger partial charge in [0, 0.05) is 5.57 Å². The van der Waals surface area contributed by atoms with Gasteiger partial charge in [0.15, 0.2) is 0 Å². The van der Waals surface area contributed by atoms with E-state index in [9.17, 15) is 4.79 Å². The van der Waals surface area contributed by atoms with E-state index >= 15 is 0 Å². The Labute approximate surface area is 103 Å². The summed E-state index contributed by atoms with van der Waals surface area (Å²) in [6.45, 7) is 8.22. The molecule has 3 fully saturated rings. The van der Waals surface area contributed by atoms with E-state index in [0.717, 1.165) is 18.8 Å². The van der Waals surface area contributed by atoms with Crippen molar-refractivity contribution in [1.29, 1.82) is 0 Å². The van der Waals surface area contributed by atoms with Gasteiger partial charge in [-0.1, -0.05) is 25.2 Å². The van der Waals surface area contributed by atoms with Crippen LogP contribution in [0, 0.1) is 17.3 Å². The summed E-state index contributed by atoms with van der Waals surface area (Å²) in [6.07, 6.45) is 7.66. The number of fused-ring (bicyclic) bond motifs is 2. The lowest BCUT2D eigenvalue weighted by Gasteiger charge is -2.59. The third-order valence-electron chi connectivity index (χ3n) is 5.03. The van der Waals surface area contributed by atoms with E-state index in [1.54, 1.807) is 6.92 Å². The van der Waals surface area contributed by atoms with Crippen molar-refractivity contribution in [2.24, 2.45) is 17.3 Å². The first-order valence-electron chi connectivity index (χ1n) is 6.53. The summed E-state index contributed by atoms with van der Waals surface area (Å²) in [5, 5.41) is 8.80. The van der Waals surface area contributed by atoms with Gasteiger partial charge in [0.05, 0.1) is 0 Å². The lowest BCUT2D eigenvalue weighted by molar-refractivity contribution is -0.132. The van der Waals surface area contributed by atoms with E-state index in [4.69, 9.17) is 5.11 Å². The molecule has 3 atom stereocenters. The monoisotopic (exact) mass is 234 g/mol. The first kappa shape index (κ1) is 12.4. The molecule has 2 heteroatoms. The minimum Gasteiger partial charge on any atom is -0.478 e. The molecule has 0 saturated heterocycles. The number of carboxylic acids is 1. The third-order valence-corrected chi connectivity index (χ3v) is 5.03. The highest BCUT2D eigenvalue weighted by Gasteiger charge is 2.53. The molecular formula is C15H22O2. The molecule has 0 spiro atoms. The van der Waals surface area contributed by atoms with Crippen LogP contribution < -0.4 is 0 Å². The van der Waals surface area contributed by atoms with Gasteiger partial charge in [-0.2, -0.15) is 0 Å². The second-order valence-corrected chi connectivity index (χ2v) is 5.92. The van der Waals surface area contributed by atoms with E-state index in [1.165, 1.54) is 24.8 Å². The molecule has 0 aromatic heterocycles. The smallest absolute Gasteiger partial charge is 0.330 e. The molecule has 2 nitrogen and oxygen atoms in total. The molecule has 0 aliphatic heterocycles. The van der Waals surface area contributed by atoms with Crippen LogP contribution in [0.1, 0.15) is 46.0 Å². The summed E-state index contributed by atoms with van der Waals surface area (Å²) in [5.74, 6) is 0.740. The van der Waals surface area contributed by atoms with Crippen LogP contribution in [0.15, 0.2) is 23.8 Å². The number of allylic oxidation sites excluding steroid dienone is 2. The minimum atomic E-state index is -0.798. The Kier molecular flexibility index (Phi) is 3.15. The normalized spacial score (nSPS) is 36.6. The van der Waals surface area contributed by atoms with Gasteiger partial charge in [-0.25, -0.2) is 4.79 Å². The second-order valence-electron chi connectivity index (χ2n) is 5.92. The van der Waals surface area contributed by atoms with Gasteiger partial charge >= 0.3 is 5.97 Å². The fourth-order valence-corrected chi connectivity index (χ4v) is 3.63. The maximum atomic E-state index is 10.7. The topological polar surface area (TPSA) is 37.3 Å². The van der Waals surface area contributed by atoms with Gasteiger partial charge in [0.2, 0.25) is 0 Å². The molecule has 3 aliphatic carbocycles. The maximum absolute atomic E-state index is 10.7. The molecular weight excluding hydrogens is 212 g/mol. The molecule has 2 bridgehead atoms. The van der Waals surface area contributed by atoms with E-state index in [0.29, 0.717) is 16.9 Å². The van der Waals surface area contributed by atoms with Gasteiger partial charge < -0.3 is 5.11 Å². The largest absolute Gasteiger partial charge is 0.478 e. The van der Waals surface area contributed by atoms with Crippen LogP contribution in [0.2, 0.25) is 0 Å². The van der Waals surface area contributed by atoms with E-state index in [2.05, 4.69) is 13.5 Å². The van der Waals surface area contributed by atoms with Crippen LogP contribution >= 0.6 is 0 Å². The van der Waals surface area contributed by atoms with Crippen LogP contribution in [0.3, 0.4) is 0 Å². The van der Waals surface area contributed by atoms with Crippen LogP contribution in [0.25, 0.3) is 0 Å². The van der Waals surface area contributed by atoms with Crippen molar-refractivity contribution in [3.8, 4) is 0 Å². The van der Waals surface area contributed by atoms with Crippen molar-refractivity contribution in [3.05, 3.63) is 23.8 Å². The van der Waals surface area contributed by atoms with Crippen LogP contribution in [0.4, 0.5) is 0 Å². The standard InChI is InChI=1S/C15H22O2/c1-10-6-7-12-9-13(10)15(12,3)8-4-5-11(2)14(16)17/h5,12-13H,1,4,6-9H2,2-3H3,(H,16,17)/b11-5+. The fourth-order valence-electron chi connectivity index (χ4n) is 3.63. The summed E-state index contributed by atoms with van der Waals surface area (Å²) < 4.78 is 0. The predicted molar refractivity (Wildman–Crippen MR) is 68.7 cm³/mol. The minimum absolute atomic E-state index is 0.393. The van der Waals surface area contributed by atoms with Crippen molar-refractivity contribution in [2.45, 2.75) is 46.0 Å². The Morgan fingerprint density at radius 1 is 1.65 bits per heavy atom. The molecule has 0 heterocycles. The van der Waals surface area contributed by atoms with Gasteiger partial charge in [0.1, 0.15) is 0 Å². The van der Waals surface area contributed by atoms with E-state index in [-0.39, 0.29) is 0 Å². The number of rotatable bonds is 4. The predicted octanol–water partition coefficient (Wildman–Crippen LogP) is 3.79. The zero-order valence-corrected chi connectivity index (χ0v) is 10.8. The lowest BCUT2D eigenvalue weighted by Crippen LogP contribution is -2.50. The van der Waals surface area contributed by atoms with Crippen LogP contribution in [0.5, 0.6) is 0 Å². The Bertz CT molecular complexity index is 378. The fraction of sp³-hybridized carbons (Fsp3) is 0.667. The molecule has 1 N–H and O–H groups in total. The molecule has 3 aliphatic rings. The molecule has 3 saturated carbocycles. The number of aliphatic carboxylic acids is 1. The van der Waals surface area contributed by atoms with Crippen molar-refractivity contribution in [1.82, 2.24) is 0 Å². The Balaban J connectivity index is 1.94. The number of hydrogen-bond donors (Lipinski definition) is 1. The maximum Gasteiger partial charge on any atom is 0.330 e. The molecule has 0 amide bonds. The average molecular weight is 234 g/mol. The quantitative estimate of drug-likeness (QED) is 0.593. The van der Waals surface area contributed by atoms with Crippen molar-refractivity contribution >= 4 is 5.97 Å². The summed E-state index contributed by atoms with van der Waals surface area (Å²) in [4.78, 5) is 10.7. The zero-order chi connectivity index (χ0) is 12.6. The molecule has 3 unspecified atom stereocenters. The molecule has 94 valence electrons. The highest BCUT2D eigenvalue weighted by atomic mass is 16.4. The zero-order valence-electron chi connectivity index (χ0n) is 10.8. The van der Waals surface area contributed by atoms with Gasteiger partial charge in [-0.05, 0) is 56.3 Å². The van der Waals surface area contributed by atoms with Crippen LogP contribution in [-0.2, 0) is 4.79 Å². The summed E-state index contributed by atoms with van der Waals surface area (Å²) in [6, 6.07) is 0. The van der Waals surface area contributed by atoms with Crippen molar-refractivity contribution < 1.29 is 9.90 Å². The molecule has 3 rings (SSSR count). The lowest BCUT2D eigenvalue weighted by atomic mass is 9.45. The SMILES string of the molecule is C=C1CCC2CC1C2(C)CC/C=C(\C)C(=O)O. The third kappa shape index (κ3) is 2.05. The molecule has 0 aromatic carbocycles. The highest BCUT2D eigenvalue weighted by Crippen LogP contribution is 2.63. The Morgan fingerprint density at radius 2 is 2.35 bits per heavy atom. The first-order chi connectivity index (χ1) is 7.95. The summed E-state index contributed by atoms with van der Waals surface area (Å²) >= 11 is 0. The second kappa shape index (κ2) is 4.32. The van der Waals surface area contributed by atoms with Gasteiger partial charge in [-0.3, -0.25) is 0 Å². The first-order valence-corrected chi connectivity index (χ1v) is 6.53. The molecule has 17 heavy (non-hydrogen) atoms. The van der Waals surface area contributed by atoms with Crippen molar-refractivity contribution in [2.75, 3.05) is 0 Å². The van der Waals surface area contributed by atoms with Crippen molar-refractivity contribution in [3.63, 3.8) is 0 Å². The van der Waals surface area contributed by atoms with E-state index < -0.39 is 5.97 Å². The average Bonchev–Trinajstić information content (AvgIpc) is 2.27. The Hall–Kier alpha value is -1.05. The highest BCUT2D eigenvalue weighted by molar-refractivity contribution is 5.85. The molecule has 0 aromatic rings. The summed E-state index contributed by atoms with van der Waals surface area (Å²) in [7, 11) is 0. The van der Waals surface area contributed by atoms with E-state index in [1.807, 2.05) is 6.08 Å². The van der Waals surface area contributed by atoms with Gasteiger partial charge in [-0.15, -0.1) is 0 Å². The summed E-state index contributed by atoms with van der Waals surface area (Å²) in [5.41, 5.74) is 2.29. The Morgan fingerprint density at radius 3 is 2.88 bits per heavy atom. The number of hydrogen-bond acceptors (Lipinski definition) is 1. The molecule has 0 radical (unpaired) electrons. The van der Waals surface area contributed by atoms with Crippen LogP contribution in [-0.4, -0.2) is 11.1 Å². The van der Waals surface area contributed by atoms with Gasteiger partial charge in [0.25, 0.3) is 0 Å². The number of carboxylic acid groups (broad SMARTS) is 1.